The van der Waals surface area contributed by atoms with Crippen LogP contribution in [0, 0.1) is 11.8 Å². The molecular formula is C62H120O6. The Morgan fingerprint density at radius 2 is 0.515 bits per heavy atom. The highest BCUT2D eigenvalue weighted by molar-refractivity contribution is 5.71. The first-order valence-corrected chi connectivity index (χ1v) is 30.8. The van der Waals surface area contributed by atoms with Crippen molar-refractivity contribution in [1.82, 2.24) is 0 Å². The van der Waals surface area contributed by atoms with Crippen molar-refractivity contribution < 1.29 is 28.6 Å². The van der Waals surface area contributed by atoms with Gasteiger partial charge in [-0.1, -0.05) is 311 Å². The predicted molar refractivity (Wildman–Crippen MR) is 293 cm³/mol. The minimum Gasteiger partial charge on any atom is -0.462 e. The lowest BCUT2D eigenvalue weighted by atomic mass is 9.99. The van der Waals surface area contributed by atoms with Gasteiger partial charge in [-0.25, -0.2) is 0 Å². The minimum absolute atomic E-state index is 0.0631. The molecule has 0 rings (SSSR count). The molecule has 0 radical (unpaired) electrons. The van der Waals surface area contributed by atoms with Gasteiger partial charge in [0.15, 0.2) is 6.10 Å². The molecule has 68 heavy (non-hydrogen) atoms. The third-order valence-electron chi connectivity index (χ3n) is 14.9. The number of hydrogen-bond donors (Lipinski definition) is 0. The third-order valence-corrected chi connectivity index (χ3v) is 14.9. The highest BCUT2D eigenvalue weighted by Gasteiger charge is 2.19. The van der Waals surface area contributed by atoms with Crippen LogP contribution in [0.1, 0.15) is 349 Å². The van der Waals surface area contributed by atoms with Crippen molar-refractivity contribution in [3.63, 3.8) is 0 Å². The van der Waals surface area contributed by atoms with E-state index in [1.165, 1.54) is 238 Å². The van der Waals surface area contributed by atoms with Crippen molar-refractivity contribution in [2.24, 2.45) is 11.8 Å². The molecule has 6 heteroatoms. The average Bonchev–Trinajstić information content (AvgIpc) is 3.34. The van der Waals surface area contributed by atoms with E-state index in [9.17, 15) is 14.4 Å². The quantitative estimate of drug-likeness (QED) is 0.0343. The summed E-state index contributed by atoms with van der Waals surface area (Å²) in [5.74, 6) is 0.884. The van der Waals surface area contributed by atoms with E-state index in [2.05, 4.69) is 34.6 Å². The molecule has 0 aromatic rings. The van der Waals surface area contributed by atoms with Crippen LogP contribution < -0.4 is 0 Å². The first kappa shape index (κ1) is 66.4. The van der Waals surface area contributed by atoms with E-state index >= 15 is 0 Å². The van der Waals surface area contributed by atoms with Crippen molar-refractivity contribution in [1.29, 1.82) is 0 Å². The van der Waals surface area contributed by atoms with E-state index in [0.29, 0.717) is 19.3 Å². The summed E-state index contributed by atoms with van der Waals surface area (Å²) in [7, 11) is 0. The summed E-state index contributed by atoms with van der Waals surface area (Å²) in [6.07, 6.45) is 59.6. The highest BCUT2D eigenvalue weighted by Crippen LogP contribution is 2.19. The van der Waals surface area contributed by atoms with E-state index in [1.807, 2.05) is 0 Å². The molecule has 0 saturated carbocycles. The number of carbonyl (C=O) groups excluding carboxylic acids is 3. The molecule has 0 saturated heterocycles. The number of carbonyl (C=O) groups is 3. The van der Waals surface area contributed by atoms with Gasteiger partial charge in [-0.2, -0.15) is 0 Å². The largest absolute Gasteiger partial charge is 0.462 e. The Balaban J connectivity index is 4.20. The van der Waals surface area contributed by atoms with Crippen LogP contribution >= 0.6 is 0 Å². The number of esters is 3. The zero-order valence-electron chi connectivity index (χ0n) is 46.7. The molecule has 2 unspecified atom stereocenters. The SMILES string of the molecule is CCCCCCCCCCCCCCCCCCCCC(=O)O[C@@H](COC(=O)CCCCCCCCCCCCCCCCCCCCC(C)CC)COC(=O)CCCCCCCCC(C)CC. The Labute approximate surface area is 425 Å². The predicted octanol–water partition coefficient (Wildman–Crippen LogP) is 20.4. The van der Waals surface area contributed by atoms with Gasteiger partial charge >= 0.3 is 17.9 Å². The zero-order valence-corrected chi connectivity index (χ0v) is 46.7. The maximum atomic E-state index is 12.9. The molecule has 0 spiro atoms. The van der Waals surface area contributed by atoms with Crippen LogP contribution in [0.2, 0.25) is 0 Å². The molecule has 0 fully saturated rings. The fourth-order valence-corrected chi connectivity index (χ4v) is 9.52. The molecule has 0 aliphatic carbocycles. The first-order chi connectivity index (χ1) is 33.3. The second-order valence-electron chi connectivity index (χ2n) is 21.8. The molecule has 404 valence electrons. The topological polar surface area (TPSA) is 78.9 Å². The Hall–Kier alpha value is -1.59. The van der Waals surface area contributed by atoms with Crippen molar-refractivity contribution >= 4 is 17.9 Å². The van der Waals surface area contributed by atoms with Crippen molar-refractivity contribution in [2.45, 2.75) is 355 Å². The number of ether oxygens (including phenoxy) is 3. The van der Waals surface area contributed by atoms with Crippen LogP contribution in [0.15, 0.2) is 0 Å². The molecule has 6 nitrogen and oxygen atoms in total. The molecule has 0 heterocycles. The summed E-state index contributed by atoms with van der Waals surface area (Å²) >= 11 is 0. The molecule has 0 aliphatic heterocycles. The third kappa shape index (κ3) is 52.2. The van der Waals surface area contributed by atoms with Gasteiger partial charge in [0.2, 0.25) is 0 Å². The maximum Gasteiger partial charge on any atom is 0.306 e. The van der Waals surface area contributed by atoms with Gasteiger partial charge in [-0.05, 0) is 31.1 Å². The van der Waals surface area contributed by atoms with Gasteiger partial charge in [0.1, 0.15) is 13.2 Å². The van der Waals surface area contributed by atoms with Crippen LogP contribution in [0.3, 0.4) is 0 Å². The molecule has 0 bridgehead atoms. The van der Waals surface area contributed by atoms with Gasteiger partial charge < -0.3 is 14.2 Å². The lowest BCUT2D eigenvalue weighted by Gasteiger charge is -2.18. The first-order valence-electron chi connectivity index (χ1n) is 30.8. The second kappa shape index (κ2) is 54.7. The maximum absolute atomic E-state index is 12.9. The van der Waals surface area contributed by atoms with Crippen LogP contribution in [0.25, 0.3) is 0 Å². The van der Waals surface area contributed by atoms with Gasteiger partial charge in [-0.3, -0.25) is 14.4 Å². The zero-order chi connectivity index (χ0) is 49.6. The van der Waals surface area contributed by atoms with E-state index in [-0.39, 0.29) is 31.1 Å². The Bertz CT molecular complexity index is 1040. The van der Waals surface area contributed by atoms with Crippen LogP contribution in [0.5, 0.6) is 0 Å². The Morgan fingerprint density at radius 3 is 0.765 bits per heavy atom. The van der Waals surface area contributed by atoms with E-state index in [0.717, 1.165) is 69.6 Å². The van der Waals surface area contributed by atoms with Crippen molar-refractivity contribution in [2.75, 3.05) is 13.2 Å². The van der Waals surface area contributed by atoms with Gasteiger partial charge in [0.25, 0.3) is 0 Å². The average molecular weight is 962 g/mol. The van der Waals surface area contributed by atoms with E-state index in [1.54, 1.807) is 0 Å². The molecular weight excluding hydrogens is 841 g/mol. The van der Waals surface area contributed by atoms with Crippen LogP contribution in [-0.4, -0.2) is 37.2 Å². The minimum atomic E-state index is -0.764. The molecule has 0 aromatic carbocycles. The van der Waals surface area contributed by atoms with Gasteiger partial charge in [-0.15, -0.1) is 0 Å². The standard InChI is InChI=1S/C62H120O6/c1-6-9-10-11-12-13-14-15-16-17-21-25-28-31-34-37-44-49-54-62(65)68-59(56-67-61(64)53-48-43-39-38-41-46-51-58(5)8-3)55-66-60(63)52-47-42-36-33-30-27-24-22-19-18-20-23-26-29-32-35-40-45-50-57(4)7-2/h57-59H,6-56H2,1-5H3/t57?,58?,59-/m0/s1. The molecule has 0 aromatic heterocycles. The summed E-state index contributed by atoms with van der Waals surface area (Å²) in [6, 6.07) is 0. The summed E-state index contributed by atoms with van der Waals surface area (Å²) in [4.78, 5) is 38.2. The second-order valence-corrected chi connectivity index (χ2v) is 21.8. The van der Waals surface area contributed by atoms with Crippen LogP contribution in [0.4, 0.5) is 0 Å². The van der Waals surface area contributed by atoms with E-state index in [4.69, 9.17) is 14.2 Å². The van der Waals surface area contributed by atoms with Crippen molar-refractivity contribution in [3.8, 4) is 0 Å². The molecule has 0 N–H and O–H groups in total. The highest BCUT2D eigenvalue weighted by atomic mass is 16.6. The summed E-state index contributed by atoms with van der Waals surface area (Å²) in [6.45, 7) is 11.4. The normalized spacial score (nSPS) is 12.8. The monoisotopic (exact) mass is 961 g/mol. The molecule has 3 atom stereocenters. The fourth-order valence-electron chi connectivity index (χ4n) is 9.52. The molecule has 0 aliphatic rings. The number of hydrogen-bond acceptors (Lipinski definition) is 6. The smallest absolute Gasteiger partial charge is 0.306 e. The van der Waals surface area contributed by atoms with Gasteiger partial charge in [0.05, 0.1) is 0 Å². The van der Waals surface area contributed by atoms with Crippen LogP contribution in [-0.2, 0) is 28.6 Å². The summed E-state index contributed by atoms with van der Waals surface area (Å²) in [5.41, 5.74) is 0. The fraction of sp³-hybridized carbons (Fsp3) is 0.952. The molecule has 0 amide bonds. The van der Waals surface area contributed by atoms with Gasteiger partial charge in [0, 0.05) is 19.3 Å². The van der Waals surface area contributed by atoms with E-state index < -0.39 is 6.10 Å². The van der Waals surface area contributed by atoms with Crippen molar-refractivity contribution in [3.05, 3.63) is 0 Å². The summed E-state index contributed by atoms with van der Waals surface area (Å²) < 4.78 is 16.9. The lowest BCUT2D eigenvalue weighted by molar-refractivity contribution is -0.167. The lowest BCUT2D eigenvalue weighted by Crippen LogP contribution is -2.30. The Kier molecular flexibility index (Phi) is 53.5. The summed E-state index contributed by atoms with van der Waals surface area (Å²) in [5, 5.41) is 0. The Morgan fingerprint density at radius 1 is 0.294 bits per heavy atom. The number of rotatable bonds is 56. The number of unbranched alkanes of at least 4 members (excludes halogenated alkanes) is 39.